The van der Waals surface area contributed by atoms with Crippen molar-refractivity contribution in [1.29, 1.82) is 0 Å². The molecule has 46 heavy (non-hydrogen) atoms. The van der Waals surface area contributed by atoms with Crippen molar-refractivity contribution in [1.82, 2.24) is 4.90 Å². The van der Waals surface area contributed by atoms with Crippen LogP contribution in [-0.2, 0) is 9.53 Å². The number of esters is 1. The van der Waals surface area contributed by atoms with Gasteiger partial charge in [0, 0.05) is 13.1 Å². The van der Waals surface area contributed by atoms with Crippen LogP contribution in [0.25, 0.3) is 0 Å². The minimum atomic E-state index is -8.76. The lowest BCUT2D eigenvalue weighted by atomic mass is 9.89. The summed E-state index contributed by atoms with van der Waals surface area (Å²) in [5, 5.41) is -7.52. The van der Waals surface area contributed by atoms with Gasteiger partial charge >= 0.3 is 58.7 Å². The van der Waals surface area contributed by atoms with E-state index in [1.165, 1.54) is 20.8 Å². The summed E-state index contributed by atoms with van der Waals surface area (Å²) in [6.45, 7) is 4.39. The Kier molecular flexibility index (Phi) is 11.4. The quantitative estimate of drug-likeness (QED) is 0.119. The zero-order valence-electron chi connectivity index (χ0n) is 23.0. The Labute approximate surface area is 256 Å². The summed E-state index contributed by atoms with van der Waals surface area (Å²) in [5.74, 6) is -64.4. The van der Waals surface area contributed by atoms with E-state index >= 15 is 0 Å². The highest BCUT2D eigenvalue weighted by molar-refractivity contribution is 7.18. The molecule has 6 nitrogen and oxygen atoms in total. The van der Waals surface area contributed by atoms with Crippen molar-refractivity contribution in [2.75, 3.05) is 25.0 Å². The van der Waals surface area contributed by atoms with Gasteiger partial charge in [-0.25, -0.2) is 4.79 Å². The summed E-state index contributed by atoms with van der Waals surface area (Å²) in [7, 11) is 0. The second-order valence-corrected chi connectivity index (χ2v) is 10.4. The van der Waals surface area contributed by atoms with E-state index in [0.717, 1.165) is 17.1 Å². The molecule has 0 aliphatic carbocycles. The number of carbonyl (C=O) groups excluding carboxylic acids is 3. The Morgan fingerprint density at radius 2 is 1.11 bits per heavy atom. The third kappa shape index (κ3) is 6.04. The van der Waals surface area contributed by atoms with E-state index in [2.05, 4.69) is 16.3 Å². The van der Waals surface area contributed by atoms with E-state index in [0.29, 0.717) is 0 Å². The molecule has 0 atom stereocenters. The van der Waals surface area contributed by atoms with Crippen LogP contribution in [0, 0.1) is 6.92 Å². The number of anilines is 1. The molecule has 0 saturated heterocycles. The highest BCUT2D eigenvalue weighted by Crippen LogP contribution is 2.64. The van der Waals surface area contributed by atoms with E-state index in [4.69, 9.17) is 0 Å². The molecular formula is C22H19ClF16N2O4S. The summed E-state index contributed by atoms with van der Waals surface area (Å²) < 4.78 is 225. The molecule has 1 N–H and O–H groups in total. The molecule has 0 aliphatic rings. The van der Waals surface area contributed by atoms with E-state index in [1.54, 1.807) is 0 Å². The standard InChI is InChI=1S/C22H19ClF16N2O4S/c1-5-41(6-2)12(42)10-8(4)9(13(43)45-7-3)11(46-10)40-14(44)15(24,25)16(26,27)17(28,29)18(30,31)19(32,33)20(34,35)21(36,37)22(23,38)39/h5-7H2,1-4H3,(H,40,44). The molecule has 0 bridgehead atoms. The molecule has 24 heteroatoms. The first kappa shape index (κ1) is 41.3. The van der Waals surface area contributed by atoms with Crippen LogP contribution in [0.5, 0.6) is 0 Å². The molecule has 0 aromatic carbocycles. The lowest BCUT2D eigenvalue weighted by Crippen LogP contribution is -2.75. The van der Waals surface area contributed by atoms with Crippen molar-refractivity contribution < 1.29 is 89.4 Å². The molecule has 1 aromatic rings. The van der Waals surface area contributed by atoms with Gasteiger partial charge in [0.2, 0.25) is 0 Å². The lowest BCUT2D eigenvalue weighted by molar-refractivity contribution is -0.445. The fraction of sp³-hybridized carbons (Fsp3) is 0.682. The molecule has 0 fully saturated rings. The maximum atomic E-state index is 14.5. The smallest absolute Gasteiger partial charge is 0.393 e. The number of alkyl halides is 17. The number of halogens is 17. The minimum absolute atomic E-state index is 0.0329. The maximum absolute atomic E-state index is 14.5. The van der Waals surface area contributed by atoms with E-state index in [9.17, 15) is 84.6 Å². The van der Waals surface area contributed by atoms with Gasteiger partial charge in [0.15, 0.2) is 0 Å². The SMILES string of the molecule is CCOC(=O)c1c(NC(=O)C(F)(F)C(F)(F)C(F)(F)C(F)(F)C(F)(F)C(F)(F)C(F)(F)C(F)(F)Cl)sc(C(=O)N(CC)CC)c1C. The number of amides is 2. The normalized spacial score (nSPS) is 14.3. The second kappa shape index (κ2) is 12.7. The maximum Gasteiger partial charge on any atom is 0.393 e. The topological polar surface area (TPSA) is 75.7 Å². The molecule has 0 aliphatic heterocycles. The fourth-order valence-corrected chi connectivity index (χ4v) is 4.67. The second-order valence-electron chi connectivity index (χ2n) is 8.93. The zero-order valence-corrected chi connectivity index (χ0v) is 24.6. The van der Waals surface area contributed by atoms with Crippen molar-refractivity contribution in [2.24, 2.45) is 0 Å². The van der Waals surface area contributed by atoms with Gasteiger partial charge < -0.3 is 15.0 Å². The number of nitrogens with zero attached hydrogens (tertiary/aromatic N) is 1. The predicted octanol–water partition coefficient (Wildman–Crippen LogP) is 7.93. The number of hydrogen-bond acceptors (Lipinski definition) is 5. The predicted molar refractivity (Wildman–Crippen MR) is 126 cm³/mol. The molecule has 0 saturated carbocycles. The Balaban J connectivity index is 3.78. The van der Waals surface area contributed by atoms with Crippen LogP contribution >= 0.6 is 22.9 Å². The third-order valence-electron chi connectivity index (χ3n) is 6.11. The van der Waals surface area contributed by atoms with Gasteiger partial charge in [-0.15, -0.1) is 11.3 Å². The summed E-state index contributed by atoms with van der Waals surface area (Å²) in [6.07, 6.45) is 0. The van der Waals surface area contributed by atoms with Gasteiger partial charge in [0.1, 0.15) is 5.00 Å². The number of thiophene rings is 1. The number of rotatable bonds is 14. The average molecular weight is 747 g/mol. The van der Waals surface area contributed by atoms with E-state index < -0.39 is 92.2 Å². The van der Waals surface area contributed by atoms with E-state index in [1.807, 2.05) is 0 Å². The van der Waals surface area contributed by atoms with Crippen molar-refractivity contribution >= 4 is 45.7 Å². The van der Waals surface area contributed by atoms with Crippen molar-refractivity contribution in [3.05, 3.63) is 16.0 Å². The lowest BCUT2D eigenvalue weighted by Gasteiger charge is -2.42. The molecule has 266 valence electrons. The monoisotopic (exact) mass is 746 g/mol. The van der Waals surface area contributed by atoms with Crippen molar-refractivity contribution in [3.63, 3.8) is 0 Å². The largest absolute Gasteiger partial charge is 0.462 e. The van der Waals surface area contributed by atoms with Gasteiger partial charge in [0.25, 0.3) is 5.91 Å². The summed E-state index contributed by atoms with van der Waals surface area (Å²) in [4.78, 5) is 37.7. The first-order valence-electron chi connectivity index (χ1n) is 12.0. The molecule has 0 unspecified atom stereocenters. The molecule has 1 aromatic heterocycles. The van der Waals surface area contributed by atoms with Crippen molar-refractivity contribution in [3.8, 4) is 0 Å². The first-order valence-corrected chi connectivity index (χ1v) is 13.1. The summed E-state index contributed by atoms with van der Waals surface area (Å²) in [5.41, 5.74) is -1.52. The Morgan fingerprint density at radius 1 is 0.717 bits per heavy atom. The van der Waals surface area contributed by atoms with Gasteiger partial charge in [-0.1, -0.05) is 0 Å². The van der Waals surface area contributed by atoms with Crippen LogP contribution in [0.1, 0.15) is 46.4 Å². The van der Waals surface area contributed by atoms with Crippen LogP contribution in [0.2, 0.25) is 0 Å². The molecule has 1 rings (SSSR count). The van der Waals surface area contributed by atoms with Crippen molar-refractivity contribution in [2.45, 2.75) is 74.5 Å². The average Bonchev–Trinajstić information content (AvgIpc) is 3.23. The van der Waals surface area contributed by atoms with Gasteiger partial charge in [0.05, 0.1) is 17.0 Å². The Bertz CT molecular complexity index is 1330. The number of ether oxygens (including phenoxy) is 1. The zero-order chi connectivity index (χ0) is 36.9. The van der Waals surface area contributed by atoms with Crippen LogP contribution in [0.15, 0.2) is 0 Å². The summed E-state index contributed by atoms with van der Waals surface area (Å²) in [6, 6.07) is 0. The van der Waals surface area contributed by atoms with Crippen LogP contribution < -0.4 is 5.32 Å². The van der Waals surface area contributed by atoms with Gasteiger partial charge in [-0.3, -0.25) is 9.59 Å². The number of nitrogens with one attached hydrogen (secondary N) is 1. The molecule has 0 radical (unpaired) electrons. The third-order valence-corrected chi connectivity index (χ3v) is 7.54. The fourth-order valence-electron chi connectivity index (χ4n) is 3.40. The van der Waals surface area contributed by atoms with Crippen LogP contribution in [-0.4, -0.2) is 89.2 Å². The first-order chi connectivity index (χ1) is 20.3. The Hall–Kier alpha value is -2.72. The summed E-state index contributed by atoms with van der Waals surface area (Å²) >= 11 is 3.34. The molecule has 2 amide bonds. The minimum Gasteiger partial charge on any atom is -0.462 e. The van der Waals surface area contributed by atoms with Crippen LogP contribution in [0.4, 0.5) is 75.2 Å². The number of carbonyl (C=O) groups is 3. The highest BCUT2D eigenvalue weighted by Gasteiger charge is 2.95. The number of hydrogen-bond donors (Lipinski definition) is 1. The molecule has 0 spiro atoms. The van der Waals surface area contributed by atoms with Crippen LogP contribution in [0.3, 0.4) is 0 Å². The Morgan fingerprint density at radius 3 is 1.48 bits per heavy atom. The molecule has 1 heterocycles. The van der Waals surface area contributed by atoms with Gasteiger partial charge in [-0.05, 0) is 44.9 Å². The van der Waals surface area contributed by atoms with Gasteiger partial charge in [-0.2, -0.15) is 70.2 Å². The van der Waals surface area contributed by atoms with E-state index in [-0.39, 0.29) is 24.4 Å². The highest BCUT2D eigenvalue weighted by atomic mass is 35.5. The molecular weight excluding hydrogens is 728 g/mol.